The molecule has 6 heteroatoms. The molecule has 0 aliphatic rings. The number of Topliss-reactive ketones (excluding diaryl/α,β-unsaturated/α-hetero) is 1. The number of rotatable bonds is 17. The van der Waals surface area contributed by atoms with E-state index in [1.54, 1.807) is 32.4 Å². The van der Waals surface area contributed by atoms with E-state index in [4.69, 9.17) is 14.2 Å². The molecule has 0 spiro atoms. The second-order valence-corrected chi connectivity index (χ2v) is 9.58. The van der Waals surface area contributed by atoms with Crippen molar-refractivity contribution >= 4 is 11.7 Å². The van der Waals surface area contributed by atoms with Crippen molar-refractivity contribution in [3.63, 3.8) is 0 Å². The number of ketones is 1. The molecule has 6 nitrogen and oxygen atoms in total. The first-order valence-electron chi connectivity index (χ1n) is 13.0. The molecule has 2 atom stereocenters. The van der Waals surface area contributed by atoms with E-state index in [2.05, 4.69) is 39.8 Å². The van der Waals surface area contributed by atoms with E-state index in [9.17, 15) is 9.59 Å². The molecule has 0 aromatic heterocycles. The SMILES string of the molecule is CCN(CC)C(=O)C(C/C=C/CC(C(=O)c1ccc(OC)c(OCCCOC)c1)C(C)C)C(C)C. The minimum absolute atomic E-state index is 0.0428. The van der Waals surface area contributed by atoms with Crippen molar-refractivity contribution in [3.8, 4) is 11.5 Å². The predicted molar refractivity (Wildman–Crippen MR) is 142 cm³/mol. The van der Waals surface area contributed by atoms with Crippen LogP contribution in [0.1, 0.15) is 71.2 Å². The fraction of sp³-hybridized carbons (Fsp3) is 0.655. The van der Waals surface area contributed by atoms with Crippen molar-refractivity contribution in [1.82, 2.24) is 4.90 Å². The summed E-state index contributed by atoms with van der Waals surface area (Å²) in [5.41, 5.74) is 0.622. The minimum Gasteiger partial charge on any atom is -0.493 e. The van der Waals surface area contributed by atoms with Crippen molar-refractivity contribution in [2.45, 2.75) is 60.8 Å². The topological polar surface area (TPSA) is 65.1 Å². The summed E-state index contributed by atoms with van der Waals surface area (Å²) in [7, 11) is 3.25. The molecule has 198 valence electrons. The number of nitrogens with zero attached hydrogens (tertiary/aromatic N) is 1. The van der Waals surface area contributed by atoms with Crippen LogP contribution in [0.2, 0.25) is 0 Å². The second kappa shape index (κ2) is 16.4. The molecule has 0 fully saturated rings. The Kier molecular flexibility index (Phi) is 14.3. The molecule has 1 amide bonds. The first-order chi connectivity index (χ1) is 16.7. The Morgan fingerprint density at radius 2 is 1.49 bits per heavy atom. The lowest BCUT2D eigenvalue weighted by Crippen LogP contribution is -2.37. The normalized spacial score (nSPS) is 13.3. The molecule has 0 radical (unpaired) electrons. The first-order valence-corrected chi connectivity index (χ1v) is 13.0. The van der Waals surface area contributed by atoms with Crippen LogP contribution in [0.5, 0.6) is 11.5 Å². The van der Waals surface area contributed by atoms with Crippen molar-refractivity contribution < 1.29 is 23.8 Å². The van der Waals surface area contributed by atoms with E-state index < -0.39 is 0 Å². The maximum Gasteiger partial charge on any atom is 0.226 e. The Balaban J connectivity index is 2.93. The molecule has 0 heterocycles. The van der Waals surface area contributed by atoms with E-state index >= 15 is 0 Å². The van der Waals surface area contributed by atoms with Crippen LogP contribution in [-0.4, -0.2) is 57.1 Å². The predicted octanol–water partition coefficient (Wildman–Crippen LogP) is 6.04. The second-order valence-electron chi connectivity index (χ2n) is 9.58. The molecule has 1 aromatic carbocycles. The Hall–Kier alpha value is -2.34. The van der Waals surface area contributed by atoms with Crippen LogP contribution < -0.4 is 9.47 Å². The van der Waals surface area contributed by atoms with Gasteiger partial charge in [-0.3, -0.25) is 9.59 Å². The molecule has 0 saturated carbocycles. The number of hydrogen-bond acceptors (Lipinski definition) is 5. The van der Waals surface area contributed by atoms with E-state index in [0.717, 1.165) is 19.5 Å². The average molecular weight is 490 g/mol. The largest absolute Gasteiger partial charge is 0.493 e. The van der Waals surface area contributed by atoms with Crippen LogP contribution in [0.4, 0.5) is 0 Å². The molecule has 1 rings (SSSR count). The summed E-state index contributed by atoms with van der Waals surface area (Å²) >= 11 is 0. The number of allylic oxidation sites excluding steroid dienone is 2. The summed E-state index contributed by atoms with van der Waals surface area (Å²) in [6.45, 7) is 14.9. The highest BCUT2D eigenvalue weighted by atomic mass is 16.5. The highest BCUT2D eigenvalue weighted by Gasteiger charge is 2.26. The van der Waals surface area contributed by atoms with Crippen molar-refractivity contribution in [3.05, 3.63) is 35.9 Å². The van der Waals surface area contributed by atoms with Gasteiger partial charge in [0.05, 0.1) is 13.7 Å². The lowest BCUT2D eigenvalue weighted by Gasteiger charge is -2.27. The van der Waals surface area contributed by atoms with Gasteiger partial charge >= 0.3 is 0 Å². The Morgan fingerprint density at radius 3 is 2.00 bits per heavy atom. The highest BCUT2D eigenvalue weighted by molar-refractivity contribution is 5.98. The molecule has 0 aliphatic heterocycles. The monoisotopic (exact) mass is 489 g/mol. The van der Waals surface area contributed by atoms with E-state index in [0.29, 0.717) is 43.1 Å². The van der Waals surface area contributed by atoms with Gasteiger partial charge in [-0.2, -0.15) is 0 Å². The fourth-order valence-electron chi connectivity index (χ4n) is 4.14. The lowest BCUT2D eigenvalue weighted by atomic mass is 9.84. The maximum atomic E-state index is 13.4. The Labute approximate surface area is 213 Å². The number of carbonyl (C=O) groups is 2. The van der Waals surface area contributed by atoms with Gasteiger partial charge in [0.25, 0.3) is 0 Å². The zero-order chi connectivity index (χ0) is 26.4. The van der Waals surface area contributed by atoms with Crippen molar-refractivity contribution in [2.24, 2.45) is 23.7 Å². The van der Waals surface area contributed by atoms with Crippen LogP contribution in [0, 0.1) is 23.7 Å². The van der Waals surface area contributed by atoms with E-state index in [1.165, 1.54) is 0 Å². The summed E-state index contributed by atoms with van der Waals surface area (Å²) in [5, 5.41) is 0. The molecule has 0 N–H and O–H groups in total. The maximum absolute atomic E-state index is 13.4. The third-order valence-corrected chi connectivity index (χ3v) is 6.48. The van der Waals surface area contributed by atoms with Gasteiger partial charge in [0.1, 0.15) is 0 Å². The Morgan fingerprint density at radius 1 is 0.886 bits per heavy atom. The summed E-state index contributed by atoms with van der Waals surface area (Å²) < 4.78 is 16.3. The van der Waals surface area contributed by atoms with E-state index in [-0.39, 0.29) is 35.4 Å². The first kappa shape index (κ1) is 30.7. The number of ether oxygens (including phenoxy) is 3. The third-order valence-electron chi connectivity index (χ3n) is 6.48. The van der Waals surface area contributed by atoms with Crippen LogP contribution in [0.25, 0.3) is 0 Å². The standard InChI is InChI=1S/C29H47NO5/c1-9-30(10-2)29(32)25(22(5)6)15-12-11-14-24(21(3)4)28(31)23-16-17-26(34-8)27(20-23)35-19-13-18-33-7/h11-12,16-17,20-22,24-25H,9-10,13-15,18-19H2,1-8H3/b12-11+. The van der Waals surface area contributed by atoms with Crippen LogP contribution in [-0.2, 0) is 9.53 Å². The van der Waals surface area contributed by atoms with Gasteiger partial charge in [0.2, 0.25) is 5.91 Å². The molecular formula is C29H47NO5. The molecule has 0 bridgehead atoms. The highest BCUT2D eigenvalue weighted by Crippen LogP contribution is 2.31. The zero-order valence-corrected chi connectivity index (χ0v) is 23.1. The molecular weight excluding hydrogens is 442 g/mol. The van der Waals surface area contributed by atoms with Gasteiger partial charge in [0.15, 0.2) is 17.3 Å². The quantitative estimate of drug-likeness (QED) is 0.152. The van der Waals surface area contributed by atoms with Crippen LogP contribution >= 0.6 is 0 Å². The van der Waals surface area contributed by atoms with Gasteiger partial charge in [0, 0.05) is 50.6 Å². The number of hydrogen-bond donors (Lipinski definition) is 0. The van der Waals surface area contributed by atoms with Crippen LogP contribution in [0.15, 0.2) is 30.4 Å². The summed E-state index contributed by atoms with van der Waals surface area (Å²) in [4.78, 5) is 28.2. The number of methoxy groups -OCH3 is 2. The van der Waals surface area contributed by atoms with Gasteiger partial charge in [-0.15, -0.1) is 0 Å². The average Bonchev–Trinajstić information content (AvgIpc) is 2.83. The van der Waals surface area contributed by atoms with Crippen molar-refractivity contribution in [2.75, 3.05) is 40.5 Å². The lowest BCUT2D eigenvalue weighted by molar-refractivity contribution is -0.136. The smallest absolute Gasteiger partial charge is 0.226 e. The molecule has 0 aliphatic carbocycles. The number of carbonyl (C=O) groups excluding carboxylic acids is 2. The van der Waals surface area contributed by atoms with E-state index in [1.807, 2.05) is 18.7 Å². The fourth-order valence-corrected chi connectivity index (χ4v) is 4.14. The Bertz CT molecular complexity index is 798. The van der Waals surface area contributed by atoms with Gasteiger partial charge < -0.3 is 19.1 Å². The zero-order valence-electron chi connectivity index (χ0n) is 23.1. The van der Waals surface area contributed by atoms with Gasteiger partial charge in [-0.25, -0.2) is 0 Å². The van der Waals surface area contributed by atoms with Gasteiger partial charge in [-0.1, -0.05) is 39.8 Å². The van der Waals surface area contributed by atoms with Gasteiger partial charge in [-0.05, 0) is 56.7 Å². The molecule has 1 aromatic rings. The minimum atomic E-state index is -0.156. The number of amides is 1. The summed E-state index contributed by atoms with van der Waals surface area (Å²) in [6.07, 6.45) is 6.22. The molecule has 35 heavy (non-hydrogen) atoms. The number of benzene rings is 1. The summed E-state index contributed by atoms with van der Waals surface area (Å²) in [6, 6.07) is 5.38. The summed E-state index contributed by atoms with van der Waals surface area (Å²) in [5.74, 6) is 1.72. The van der Waals surface area contributed by atoms with Crippen LogP contribution in [0.3, 0.4) is 0 Å². The molecule has 0 saturated heterocycles. The third kappa shape index (κ3) is 9.67. The molecule has 2 unspecified atom stereocenters. The van der Waals surface area contributed by atoms with Crippen molar-refractivity contribution in [1.29, 1.82) is 0 Å².